The van der Waals surface area contributed by atoms with Gasteiger partial charge in [-0.05, 0) is 44.5 Å². The normalized spacial score (nSPS) is 15.4. The Hall–Kier alpha value is -2.50. The van der Waals surface area contributed by atoms with Gasteiger partial charge in [0.25, 0.3) is 5.91 Å². The van der Waals surface area contributed by atoms with Gasteiger partial charge in [0, 0.05) is 11.3 Å². The number of carbonyl (C=O) groups is 1. The highest BCUT2D eigenvalue weighted by molar-refractivity contribution is 6.12. The lowest BCUT2D eigenvalue weighted by Crippen LogP contribution is -2.14. The summed E-state index contributed by atoms with van der Waals surface area (Å²) in [6.45, 7) is 6.01. The zero-order chi connectivity index (χ0) is 15.9. The highest BCUT2D eigenvalue weighted by Gasteiger charge is 2.36. The van der Waals surface area contributed by atoms with Gasteiger partial charge in [-0.3, -0.25) is 14.9 Å². The number of nitrogens with zero attached hydrogens (tertiary/aromatic N) is 2. The van der Waals surface area contributed by atoms with Crippen LogP contribution in [0, 0.1) is 5.82 Å². The molecule has 5 nitrogen and oxygen atoms in total. The van der Waals surface area contributed by atoms with Gasteiger partial charge in [-0.1, -0.05) is 6.92 Å². The van der Waals surface area contributed by atoms with E-state index in [0.717, 1.165) is 23.4 Å². The number of rotatable bonds is 3. The van der Waals surface area contributed by atoms with Crippen molar-refractivity contribution in [2.75, 3.05) is 5.32 Å². The lowest BCUT2D eigenvalue weighted by atomic mass is 10.00. The molecule has 2 heterocycles. The van der Waals surface area contributed by atoms with Crippen molar-refractivity contribution in [2.24, 2.45) is 4.99 Å². The van der Waals surface area contributed by atoms with E-state index in [1.165, 1.54) is 24.3 Å². The van der Waals surface area contributed by atoms with Crippen LogP contribution in [0.3, 0.4) is 0 Å². The number of carbonyl (C=O) groups excluding carboxylic acids is 1. The molecule has 1 amide bonds. The van der Waals surface area contributed by atoms with Crippen LogP contribution in [0.1, 0.15) is 48.8 Å². The average Bonchev–Trinajstić information content (AvgIpc) is 3.00. The molecule has 2 N–H and O–H groups in total. The predicted octanol–water partition coefficient (Wildman–Crippen LogP) is 3.25. The maximum absolute atomic E-state index is 12.9. The van der Waals surface area contributed by atoms with Crippen molar-refractivity contribution < 1.29 is 9.18 Å². The number of fused-ring (bicyclic) bond motifs is 1. The van der Waals surface area contributed by atoms with Crippen LogP contribution in [0.4, 0.5) is 10.2 Å². The fourth-order valence-corrected chi connectivity index (χ4v) is 2.64. The lowest BCUT2D eigenvalue weighted by molar-refractivity contribution is 0.102. The van der Waals surface area contributed by atoms with Gasteiger partial charge >= 0.3 is 0 Å². The van der Waals surface area contributed by atoms with Gasteiger partial charge in [0.15, 0.2) is 5.82 Å². The number of amides is 1. The maximum atomic E-state index is 12.9. The largest absolute Gasteiger partial charge is 0.305 e. The van der Waals surface area contributed by atoms with Crippen LogP contribution < -0.4 is 5.32 Å². The highest BCUT2D eigenvalue weighted by Crippen LogP contribution is 2.37. The minimum absolute atomic E-state index is 0.325. The van der Waals surface area contributed by atoms with Crippen molar-refractivity contribution >= 4 is 17.4 Å². The molecule has 114 valence electrons. The summed E-state index contributed by atoms with van der Waals surface area (Å²) in [5, 5.41) is 9.95. The first kappa shape index (κ1) is 14.4. The number of hydrogen-bond donors (Lipinski definition) is 2. The van der Waals surface area contributed by atoms with Crippen LogP contribution in [-0.2, 0) is 5.54 Å². The van der Waals surface area contributed by atoms with Gasteiger partial charge in [0.1, 0.15) is 5.82 Å². The van der Waals surface area contributed by atoms with Crippen molar-refractivity contribution in [3.63, 3.8) is 0 Å². The zero-order valence-corrected chi connectivity index (χ0v) is 12.7. The van der Waals surface area contributed by atoms with E-state index in [0.29, 0.717) is 11.4 Å². The van der Waals surface area contributed by atoms with Crippen LogP contribution in [0.15, 0.2) is 29.3 Å². The number of benzene rings is 1. The van der Waals surface area contributed by atoms with Gasteiger partial charge in [-0.25, -0.2) is 4.39 Å². The molecule has 2 aromatic rings. The molecule has 0 aliphatic carbocycles. The van der Waals surface area contributed by atoms with Crippen molar-refractivity contribution in [3.8, 4) is 0 Å². The molecule has 0 spiro atoms. The topological polar surface area (TPSA) is 70.1 Å². The molecule has 0 bridgehead atoms. The molecule has 0 radical (unpaired) electrons. The maximum Gasteiger partial charge on any atom is 0.256 e. The Labute approximate surface area is 127 Å². The molecule has 6 heteroatoms. The fourth-order valence-electron chi connectivity index (χ4n) is 2.64. The summed E-state index contributed by atoms with van der Waals surface area (Å²) >= 11 is 0. The SMILES string of the molecule is CCC1=NC(C)(C)c2[nH]nc(NC(=O)c3ccc(F)cc3)c21. The van der Waals surface area contributed by atoms with Crippen molar-refractivity contribution in [1.29, 1.82) is 0 Å². The standard InChI is InChI=1S/C16H17FN4O/c1-4-11-12-13(16(2,3)19-11)20-21-14(12)18-15(22)9-5-7-10(17)8-6-9/h5-8H,4H2,1-3H3,(H2,18,20,21,22). The second kappa shape index (κ2) is 5.05. The highest BCUT2D eigenvalue weighted by atomic mass is 19.1. The number of H-pyrrole nitrogens is 1. The van der Waals surface area contributed by atoms with Gasteiger partial charge in [-0.2, -0.15) is 5.10 Å². The monoisotopic (exact) mass is 300 g/mol. The van der Waals surface area contributed by atoms with E-state index < -0.39 is 0 Å². The van der Waals surface area contributed by atoms with E-state index in [1.54, 1.807) is 0 Å². The lowest BCUT2D eigenvalue weighted by Gasteiger charge is -2.12. The molecule has 0 saturated heterocycles. The molecule has 0 unspecified atom stereocenters. The molecule has 1 aromatic heterocycles. The van der Waals surface area contributed by atoms with Crippen molar-refractivity contribution in [1.82, 2.24) is 10.2 Å². The number of aliphatic imine (C=N–C) groups is 1. The Morgan fingerprint density at radius 1 is 1.32 bits per heavy atom. The second-order valence-corrected chi connectivity index (χ2v) is 5.75. The quantitative estimate of drug-likeness (QED) is 0.913. The Balaban J connectivity index is 1.91. The smallest absolute Gasteiger partial charge is 0.256 e. The summed E-state index contributed by atoms with van der Waals surface area (Å²) in [7, 11) is 0. The molecular formula is C16H17FN4O. The van der Waals surface area contributed by atoms with Gasteiger partial charge in [-0.15, -0.1) is 0 Å². The third kappa shape index (κ3) is 2.30. The minimum Gasteiger partial charge on any atom is -0.305 e. The first-order valence-corrected chi connectivity index (χ1v) is 7.17. The number of hydrogen-bond acceptors (Lipinski definition) is 3. The third-order valence-electron chi connectivity index (χ3n) is 3.75. The molecule has 0 fully saturated rings. The van der Waals surface area contributed by atoms with Gasteiger partial charge in [0.2, 0.25) is 0 Å². The van der Waals surface area contributed by atoms with Crippen LogP contribution in [-0.4, -0.2) is 21.8 Å². The molecule has 0 saturated carbocycles. The second-order valence-electron chi connectivity index (χ2n) is 5.75. The van der Waals surface area contributed by atoms with Gasteiger partial charge < -0.3 is 5.32 Å². The van der Waals surface area contributed by atoms with Crippen molar-refractivity contribution in [2.45, 2.75) is 32.7 Å². The molecule has 3 rings (SSSR count). The van der Waals surface area contributed by atoms with Crippen LogP contribution in [0.2, 0.25) is 0 Å². The van der Waals surface area contributed by atoms with E-state index in [9.17, 15) is 9.18 Å². The molecular weight excluding hydrogens is 283 g/mol. The first-order valence-electron chi connectivity index (χ1n) is 7.17. The minimum atomic E-state index is -0.376. The molecule has 1 aliphatic heterocycles. The molecule has 1 aromatic carbocycles. The number of aromatic nitrogens is 2. The summed E-state index contributed by atoms with van der Waals surface area (Å²) < 4.78 is 12.9. The van der Waals surface area contributed by atoms with Gasteiger partial charge in [0.05, 0.1) is 16.8 Å². The summed E-state index contributed by atoms with van der Waals surface area (Å²) in [6, 6.07) is 5.39. The third-order valence-corrected chi connectivity index (χ3v) is 3.75. The van der Waals surface area contributed by atoms with E-state index in [-0.39, 0.29) is 17.3 Å². The number of anilines is 1. The predicted molar refractivity (Wildman–Crippen MR) is 82.8 cm³/mol. The summed E-state index contributed by atoms with van der Waals surface area (Å²) in [4.78, 5) is 16.9. The number of nitrogens with one attached hydrogen (secondary N) is 2. The first-order chi connectivity index (χ1) is 10.4. The van der Waals surface area contributed by atoms with E-state index in [4.69, 9.17) is 0 Å². The Morgan fingerprint density at radius 3 is 2.64 bits per heavy atom. The average molecular weight is 300 g/mol. The van der Waals surface area contributed by atoms with E-state index in [1.807, 2.05) is 20.8 Å². The van der Waals surface area contributed by atoms with Crippen LogP contribution >= 0.6 is 0 Å². The summed E-state index contributed by atoms with van der Waals surface area (Å²) in [6.07, 6.45) is 0.759. The summed E-state index contributed by atoms with van der Waals surface area (Å²) in [5.41, 5.74) is 2.70. The Kier molecular flexibility index (Phi) is 3.31. The van der Waals surface area contributed by atoms with E-state index in [2.05, 4.69) is 20.5 Å². The number of halogens is 1. The fraction of sp³-hybridized carbons (Fsp3) is 0.312. The van der Waals surface area contributed by atoms with Crippen molar-refractivity contribution in [3.05, 3.63) is 46.9 Å². The summed E-state index contributed by atoms with van der Waals surface area (Å²) in [5.74, 6) is -0.232. The Bertz CT molecular complexity index is 759. The van der Waals surface area contributed by atoms with E-state index >= 15 is 0 Å². The number of aromatic amines is 1. The molecule has 22 heavy (non-hydrogen) atoms. The van der Waals surface area contributed by atoms with Crippen LogP contribution in [0.25, 0.3) is 0 Å². The zero-order valence-electron chi connectivity index (χ0n) is 12.7. The van der Waals surface area contributed by atoms with Crippen LogP contribution in [0.5, 0.6) is 0 Å². The molecule has 1 aliphatic rings. The Morgan fingerprint density at radius 2 is 2.00 bits per heavy atom. The molecule has 0 atom stereocenters.